The summed E-state index contributed by atoms with van der Waals surface area (Å²) in [6.07, 6.45) is -1.57. The lowest BCUT2D eigenvalue weighted by molar-refractivity contribution is -0.241. The molecule has 2 aliphatic heterocycles. The fourth-order valence-corrected chi connectivity index (χ4v) is 8.01. The average Bonchev–Trinajstić information content (AvgIpc) is 3.73. The Labute approximate surface area is 405 Å². The zero-order valence-corrected chi connectivity index (χ0v) is 39.9. The van der Waals surface area contributed by atoms with Crippen LogP contribution in [0.5, 0.6) is 5.75 Å². The Morgan fingerprint density at radius 1 is 0.871 bits per heavy atom. The highest BCUT2D eigenvalue weighted by atomic mass is 16.7. The van der Waals surface area contributed by atoms with Crippen molar-refractivity contribution in [1.29, 1.82) is 0 Å². The fourth-order valence-electron chi connectivity index (χ4n) is 8.01. The molecule has 22 nitrogen and oxygen atoms in total. The number of unbranched alkanes of at least 4 members (excludes halogenated alkanes) is 2. The van der Waals surface area contributed by atoms with Crippen LogP contribution >= 0.6 is 0 Å². The van der Waals surface area contributed by atoms with E-state index in [2.05, 4.69) is 72.7 Å². The summed E-state index contributed by atoms with van der Waals surface area (Å²) in [6.45, 7) is 9.47. The van der Waals surface area contributed by atoms with Crippen LogP contribution in [-0.2, 0) is 48.3 Å². The minimum Gasteiger partial charge on any atom is -0.481 e. The number of nitrogen functional groups attached to an aromatic ring is 1. The zero-order chi connectivity index (χ0) is 50.3. The number of ether oxygens (including phenoxy) is 3. The van der Waals surface area contributed by atoms with Gasteiger partial charge in [-0.2, -0.15) is 4.98 Å². The number of carbonyl (C=O) groups excluding carboxylic acids is 4. The van der Waals surface area contributed by atoms with E-state index in [9.17, 15) is 39.3 Å². The molecule has 0 saturated carbocycles. The van der Waals surface area contributed by atoms with Crippen LogP contribution in [0.3, 0.4) is 0 Å². The number of aliphatic carboxylic acids is 1. The number of aliphatic hydroxyl groups excluding tert-OH is 3. The Bertz CT molecular complexity index is 2440. The smallest absolute Gasteiger partial charge is 0.410 e. The van der Waals surface area contributed by atoms with Crippen molar-refractivity contribution in [2.24, 2.45) is 5.92 Å². The first kappa shape index (κ1) is 52.8. The quantitative estimate of drug-likeness (QED) is 0.0482. The van der Waals surface area contributed by atoms with Gasteiger partial charge in [-0.25, -0.2) is 9.78 Å². The minimum absolute atomic E-state index is 0.0185. The average molecular weight is 975 g/mol. The van der Waals surface area contributed by atoms with E-state index in [4.69, 9.17) is 25.1 Å². The highest BCUT2D eigenvalue weighted by molar-refractivity contribution is 5.93. The highest BCUT2D eigenvalue weighted by Gasteiger charge is 2.39. The Balaban J connectivity index is 0.986. The van der Waals surface area contributed by atoms with E-state index in [0.717, 1.165) is 53.8 Å². The summed E-state index contributed by atoms with van der Waals surface area (Å²) in [6, 6.07) is 13.0. The van der Waals surface area contributed by atoms with Crippen LogP contribution in [0.1, 0.15) is 74.6 Å². The summed E-state index contributed by atoms with van der Waals surface area (Å²) in [5.41, 5.74) is 11.8. The number of rotatable bonds is 23. The van der Waals surface area contributed by atoms with Gasteiger partial charge in [0.2, 0.25) is 30.0 Å². The molecule has 0 aliphatic carbocycles. The number of carboxylic acids is 1. The predicted octanol–water partition coefficient (Wildman–Crippen LogP) is 2.31. The molecular formula is C48H66N10O12. The Morgan fingerprint density at radius 3 is 2.33 bits per heavy atom. The van der Waals surface area contributed by atoms with Crippen LogP contribution in [0.4, 0.5) is 22.2 Å². The lowest BCUT2D eigenvalue weighted by Crippen LogP contribution is -2.54. The number of hydrogen-bond acceptors (Lipinski definition) is 16. The number of nitrogens with two attached hydrogens (primary N) is 1. The molecule has 0 radical (unpaired) electrons. The highest BCUT2D eigenvalue weighted by Crippen LogP contribution is 2.31. The number of amides is 4. The first-order chi connectivity index (χ1) is 33.6. The molecule has 0 spiro atoms. The van der Waals surface area contributed by atoms with Gasteiger partial charge in [-0.05, 0) is 53.8 Å². The third kappa shape index (κ3) is 15.0. The van der Waals surface area contributed by atoms with Crippen LogP contribution in [0.25, 0.3) is 11.0 Å². The van der Waals surface area contributed by atoms with Crippen molar-refractivity contribution in [1.82, 2.24) is 35.0 Å². The largest absolute Gasteiger partial charge is 0.481 e. The fraction of sp³-hybridized carbons (Fsp3) is 0.521. The molecule has 4 amide bonds. The predicted molar refractivity (Wildman–Crippen MR) is 257 cm³/mol. The van der Waals surface area contributed by atoms with E-state index in [1.807, 2.05) is 12.3 Å². The molecule has 380 valence electrons. The number of aromatic nitrogens is 3. The number of nitrogens with zero attached hydrogens (tertiary/aromatic N) is 5. The van der Waals surface area contributed by atoms with E-state index >= 15 is 0 Å². The molecule has 10 N–H and O–H groups in total. The van der Waals surface area contributed by atoms with Gasteiger partial charge in [0.25, 0.3) is 0 Å². The maximum Gasteiger partial charge on any atom is 0.410 e. The summed E-state index contributed by atoms with van der Waals surface area (Å²) in [5.74, 6) is -2.43. The van der Waals surface area contributed by atoms with Crippen LogP contribution in [0.15, 0.2) is 48.7 Å². The first-order valence-corrected chi connectivity index (χ1v) is 23.7. The van der Waals surface area contributed by atoms with E-state index in [0.29, 0.717) is 44.8 Å². The van der Waals surface area contributed by atoms with E-state index in [-0.39, 0.29) is 63.0 Å². The summed E-state index contributed by atoms with van der Waals surface area (Å²) >= 11 is 0. The van der Waals surface area contributed by atoms with Crippen molar-refractivity contribution in [3.8, 4) is 5.75 Å². The molecule has 4 heterocycles. The Hall–Kier alpha value is -6.59. The molecule has 2 saturated heterocycles. The molecule has 2 aromatic carbocycles. The number of fused-ring (bicyclic) bond motifs is 1. The van der Waals surface area contributed by atoms with Crippen molar-refractivity contribution in [3.05, 3.63) is 70.9 Å². The molecule has 22 heteroatoms. The third-order valence-electron chi connectivity index (χ3n) is 12.1. The minimum atomic E-state index is -1.62. The van der Waals surface area contributed by atoms with E-state index in [1.54, 1.807) is 11.0 Å². The first-order valence-electron chi connectivity index (χ1n) is 23.7. The molecule has 2 aromatic heterocycles. The second-order valence-electron chi connectivity index (χ2n) is 17.7. The van der Waals surface area contributed by atoms with Crippen molar-refractivity contribution in [2.45, 2.75) is 104 Å². The SMILES string of the molecule is CCCCCNc1nc(N)nc2ccn(Cc3ccc(CN4CCN(C(=O)OCc5ccc(O[C@@H]6OC[C@@H](O)[C@H](O)[C@H]6O)c(NC(=O)CCNC(=O)CCNC(=O)CC(C)C(=O)O)c5)CC4)cc3C)c12. The maximum absolute atomic E-state index is 13.3. The van der Waals surface area contributed by atoms with Gasteiger partial charge in [0.05, 0.1) is 23.7 Å². The van der Waals surface area contributed by atoms with Gasteiger partial charge >= 0.3 is 12.1 Å². The maximum atomic E-state index is 13.3. The molecule has 0 bridgehead atoms. The van der Waals surface area contributed by atoms with Crippen LogP contribution in [-0.4, -0.2) is 152 Å². The molecule has 2 aliphatic rings. The van der Waals surface area contributed by atoms with Gasteiger partial charge in [0, 0.05) is 84.4 Å². The van der Waals surface area contributed by atoms with Crippen molar-refractivity contribution in [3.63, 3.8) is 0 Å². The lowest BCUT2D eigenvalue weighted by Gasteiger charge is -2.35. The van der Waals surface area contributed by atoms with Gasteiger partial charge in [0.1, 0.15) is 36.2 Å². The summed E-state index contributed by atoms with van der Waals surface area (Å²) < 4.78 is 19.1. The monoisotopic (exact) mass is 974 g/mol. The number of aryl methyl sites for hydroxylation is 1. The van der Waals surface area contributed by atoms with E-state index in [1.165, 1.54) is 24.6 Å². The second kappa shape index (κ2) is 25.3. The van der Waals surface area contributed by atoms with E-state index < -0.39 is 60.3 Å². The van der Waals surface area contributed by atoms with Crippen molar-refractivity contribution >= 4 is 58.3 Å². The van der Waals surface area contributed by atoms with Gasteiger partial charge in [-0.3, -0.25) is 24.1 Å². The second-order valence-corrected chi connectivity index (χ2v) is 17.7. The van der Waals surface area contributed by atoms with Gasteiger partial charge in [-0.1, -0.05) is 51.0 Å². The summed E-state index contributed by atoms with van der Waals surface area (Å²) in [7, 11) is 0. The van der Waals surface area contributed by atoms with Crippen molar-refractivity contribution in [2.75, 3.05) is 68.8 Å². The molecular weight excluding hydrogens is 909 g/mol. The molecule has 2 fully saturated rings. The Morgan fingerprint density at radius 2 is 1.60 bits per heavy atom. The Kier molecular flexibility index (Phi) is 19.1. The number of hydrogen-bond donors (Lipinski definition) is 9. The van der Waals surface area contributed by atoms with Crippen LogP contribution in [0, 0.1) is 12.8 Å². The normalized spacial score (nSPS) is 18.7. The van der Waals surface area contributed by atoms with Crippen LogP contribution < -0.4 is 31.7 Å². The number of carbonyl (C=O) groups is 5. The van der Waals surface area contributed by atoms with Crippen LogP contribution in [0.2, 0.25) is 0 Å². The number of piperazine rings is 1. The summed E-state index contributed by atoms with van der Waals surface area (Å²) in [4.78, 5) is 74.5. The molecule has 1 unspecified atom stereocenters. The van der Waals surface area contributed by atoms with Crippen molar-refractivity contribution < 1.29 is 58.6 Å². The van der Waals surface area contributed by atoms with Gasteiger partial charge in [0.15, 0.2) is 5.82 Å². The molecule has 5 atom stereocenters. The number of nitrogens with one attached hydrogen (secondary N) is 4. The number of benzene rings is 2. The number of carboxylic acid groups (broad SMARTS) is 1. The topological polar surface area (TPSA) is 305 Å². The van der Waals surface area contributed by atoms with Gasteiger partial charge in [-0.15, -0.1) is 0 Å². The number of anilines is 3. The third-order valence-corrected chi connectivity index (χ3v) is 12.1. The molecule has 70 heavy (non-hydrogen) atoms. The standard InChI is InChI=1S/C48H66N10O12/c1-4-5-6-14-52-44-41-34(54-47(49)55-44)13-17-58(41)26-33-9-7-31(22-29(33)2)25-56-18-20-57(21-19-56)48(67)69-27-32-8-10-37(70-46-43(64)42(63)36(59)28-68-46)35(24-32)53-39(61)12-16-50-38(60)11-15-51-40(62)23-30(3)45(65)66/h7-10,13,17,22,24,30,36,42-43,46,59,63-64H,4-6,11-12,14-16,18-21,23,25-28H2,1-3H3,(H,50,60)(H,51,62)(H,53,61)(H,65,66)(H3,49,52,54,55)/t30?,36-,42+,43-,46+/m1/s1. The molecule has 4 aromatic rings. The van der Waals surface area contributed by atoms with Gasteiger partial charge < -0.3 is 71.1 Å². The molecule has 6 rings (SSSR count). The number of aliphatic hydroxyl groups is 3. The zero-order valence-electron chi connectivity index (χ0n) is 39.9. The lowest BCUT2D eigenvalue weighted by atomic mass is 10.0. The summed E-state index contributed by atoms with van der Waals surface area (Å²) in [5, 5.41) is 50.8.